The summed E-state index contributed by atoms with van der Waals surface area (Å²) in [5, 5.41) is 14.1. The van der Waals surface area contributed by atoms with Crippen molar-refractivity contribution >= 4 is 22.4 Å². The molecule has 0 saturated heterocycles. The molecular weight excluding hydrogens is 262 g/mol. The van der Waals surface area contributed by atoms with Crippen LogP contribution in [0.25, 0.3) is 10.9 Å². The van der Waals surface area contributed by atoms with Crippen LogP contribution in [0, 0.1) is 0 Å². The fraction of sp³-hybridized carbons (Fsp3) is 0.176. The molecule has 2 aromatic carbocycles. The molecule has 2 N–H and O–H groups in total. The number of aromatic hydroxyl groups is 1. The first-order valence-electron chi connectivity index (χ1n) is 6.97. The quantitative estimate of drug-likeness (QED) is 0.705. The van der Waals surface area contributed by atoms with E-state index < -0.39 is 0 Å². The van der Waals surface area contributed by atoms with Crippen LogP contribution in [0.1, 0.15) is 25.6 Å². The largest absolute Gasteiger partial charge is 0.506 e. The Morgan fingerprint density at radius 1 is 0.952 bits per heavy atom. The molecule has 3 rings (SSSR count). The van der Waals surface area contributed by atoms with E-state index in [0.717, 1.165) is 16.7 Å². The van der Waals surface area contributed by atoms with Crippen molar-refractivity contribution in [1.29, 1.82) is 0 Å². The number of anilines is 2. The Kier molecular flexibility index (Phi) is 3.44. The number of hydrogen-bond acceptors (Lipinski definition) is 4. The van der Waals surface area contributed by atoms with Crippen LogP contribution in [0.2, 0.25) is 0 Å². The van der Waals surface area contributed by atoms with Crippen molar-refractivity contribution < 1.29 is 5.11 Å². The van der Waals surface area contributed by atoms with E-state index in [-0.39, 0.29) is 11.7 Å². The number of phenolic OH excluding ortho intramolecular Hbond substituents is 1. The summed E-state index contributed by atoms with van der Waals surface area (Å²) in [5.74, 6) is 1.93. The summed E-state index contributed by atoms with van der Waals surface area (Å²) in [6.07, 6.45) is 0. The molecular formula is C17H17N3O. The van der Waals surface area contributed by atoms with Gasteiger partial charge in [-0.15, -0.1) is 0 Å². The minimum atomic E-state index is 0.200. The predicted molar refractivity (Wildman–Crippen MR) is 85.0 cm³/mol. The second kappa shape index (κ2) is 5.40. The van der Waals surface area contributed by atoms with E-state index in [4.69, 9.17) is 0 Å². The van der Waals surface area contributed by atoms with Gasteiger partial charge in [-0.25, -0.2) is 9.97 Å². The van der Waals surface area contributed by atoms with Crippen LogP contribution in [0.3, 0.4) is 0 Å². The third-order valence-electron chi connectivity index (χ3n) is 3.29. The zero-order valence-corrected chi connectivity index (χ0v) is 12.0. The highest BCUT2D eigenvalue weighted by molar-refractivity contribution is 5.91. The lowest BCUT2D eigenvalue weighted by atomic mass is 10.1. The molecule has 21 heavy (non-hydrogen) atoms. The fourth-order valence-corrected chi connectivity index (χ4v) is 2.15. The van der Waals surface area contributed by atoms with Crippen molar-refractivity contribution in [2.75, 3.05) is 5.32 Å². The molecule has 0 fully saturated rings. The van der Waals surface area contributed by atoms with E-state index in [1.54, 1.807) is 12.1 Å². The van der Waals surface area contributed by atoms with Crippen molar-refractivity contribution in [1.82, 2.24) is 9.97 Å². The molecule has 4 heteroatoms. The van der Waals surface area contributed by atoms with Gasteiger partial charge in [-0.2, -0.15) is 0 Å². The van der Waals surface area contributed by atoms with E-state index in [2.05, 4.69) is 29.1 Å². The fourth-order valence-electron chi connectivity index (χ4n) is 2.15. The Bertz CT molecular complexity index is 784. The maximum atomic E-state index is 9.92. The van der Waals surface area contributed by atoms with E-state index in [1.165, 1.54) is 0 Å². The minimum Gasteiger partial charge on any atom is -0.506 e. The zero-order valence-electron chi connectivity index (χ0n) is 12.0. The Balaban J connectivity index is 2.14. The van der Waals surface area contributed by atoms with Crippen LogP contribution in [-0.4, -0.2) is 15.1 Å². The number of nitrogens with one attached hydrogen (secondary N) is 1. The lowest BCUT2D eigenvalue weighted by Crippen LogP contribution is -2.03. The number of fused-ring (bicyclic) bond motifs is 1. The van der Waals surface area contributed by atoms with Gasteiger partial charge < -0.3 is 10.4 Å². The lowest BCUT2D eigenvalue weighted by molar-refractivity contribution is 0.477. The van der Waals surface area contributed by atoms with Crippen molar-refractivity contribution in [3.8, 4) is 5.75 Å². The number of hydrogen-bond donors (Lipinski definition) is 2. The Labute approximate surface area is 123 Å². The summed E-state index contributed by atoms with van der Waals surface area (Å²) in [6.45, 7) is 4.13. The second-order valence-electron chi connectivity index (χ2n) is 5.24. The monoisotopic (exact) mass is 279 g/mol. The summed E-state index contributed by atoms with van der Waals surface area (Å²) >= 11 is 0. The van der Waals surface area contributed by atoms with Gasteiger partial charge >= 0.3 is 0 Å². The molecule has 0 saturated carbocycles. The van der Waals surface area contributed by atoms with Crippen LogP contribution in [0.15, 0.2) is 48.5 Å². The highest BCUT2D eigenvalue weighted by atomic mass is 16.3. The molecule has 0 atom stereocenters. The van der Waals surface area contributed by atoms with Crippen molar-refractivity contribution in [3.05, 3.63) is 54.4 Å². The maximum absolute atomic E-state index is 9.92. The zero-order chi connectivity index (χ0) is 14.8. The minimum absolute atomic E-state index is 0.200. The predicted octanol–water partition coefficient (Wildman–Crippen LogP) is 4.20. The number of para-hydroxylation sites is 3. The molecule has 0 amide bonds. The van der Waals surface area contributed by atoms with Crippen molar-refractivity contribution in [3.63, 3.8) is 0 Å². The number of rotatable bonds is 3. The normalized spacial score (nSPS) is 11.0. The first kappa shape index (κ1) is 13.4. The molecule has 0 radical (unpaired) electrons. The first-order valence-corrected chi connectivity index (χ1v) is 6.97. The van der Waals surface area contributed by atoms with Gasteiger partial charge in [-0.05, 0) is 24.3 Å². The van der Waals surface area contributed by atoms with Crippen molar-refractivity contribution in [2.24, 2.45) is 0 Å². The molecule has 0 aliphatic heterocycles. The molecule has 0 aliphatic carbocycles. The average Bonchev–Trinajstić information content (AvgIpc) is 2.49. The summed E-state index contributed by atoms with van der Waals surface area (Å²) < 4.78 is 0. The Morgan fingerprint density at radius 2 is 1.67 bits per heavy atom. The SMILES string of the molecule is CC(C)c1nc(Nc2ccccc2O)c2ccccc2n1. The van der Waals surface area contributed by atoms with Crippen LogP contribution in [0.5, 0.6) is 5.75 Å². The summed E-state index contributed by atoms with van der Waals surface area (Å²) in [7, 11) is 0. The van der Waals surface area contributed by atoms with Crippen LogP contribution >= 0.6 is 0 Å². The number of phenols is 1. The molecule has 1 heterocycles. The van der Waals surface area contributed by atoms with Gasteiger partial charge in [0.2, 0.25) is 0 Å². The third kappa shape index (κ3) is 2.65. The highest BCUT2D eigenvalue weighted by Gasteiger charge is 2.11. The van der Waals surface area contributed by atoms with Gasteiger partial charge in [0.15, 0.2) is 0 Å². The number of nitrogens with zero attached hydrogens (tertiary/aromatic N) is 2. The molecule has 0 spiro atoms. The summed E-state index contributed by atoms with van der Waals surface area (Å²) in [4.78, 5) is 9.19. The van der Waals surface area contributed by atoms with Gasteiger partial charge in [-0.1, -0.05) is 38.1 Å². The number of aromatic nitrogens is 2. The maximum Gasteiger partial charge on any atom is 0.142 e. The molecule has 0 bridgehead atoms. The molecule has 4 nitrogen and oxygen atoms in total. The van der Waals surface area contributed by atoms with E-state index >= 15 is 0 Å². The molecule has 3 aromatic rings. The smallest absolute Gasteiger partial charge is 0.142 e. The van der Waals surface area contributed by atoms with E-state index in [9.17, 15) is 5.11 Å². The van der Waals surface area contributed by atoms with Gasteiger partial charge in [-0.3, -0.25) is 0 Å². The van der Waals surface area contributed by atoms with Gasteiger partial charge in [0.1, 0.15) is 17.4 Å². The Hall–Kier alpha value is -2.62. The molecule has 1 aromatic heterocycles. The van der Waals surface area contributed by atoms with Gasteiger partial charge in [0, 0.05) is 11.3 Å². The van der Waals surface area contributed by atoms with Crippen molar-refractivity contribution in [2.45, 2.75) is 19.8 Å². The molecule has 0 aliphatic rings. The topological polar surface area (TPSA) is 58.0 Å². The van der Waals surface area contributed by atoms with Gasteiger partial charge in [0.25, 0.3) is 0 Å². The second-order valence-corrected chi connectivity index (χ2v) is 5.24. The Morgan fingerprint density at radius 3 is 2.43 bits per heavy atom. The summed E-state index contributed by atoms with van der Waals surface area (Å²) in [5.41, 5.74) is 1.53. The first-order chi connectivity index (χ1) is 10.1. The van der Waals surface area contributed by atoms with Crippen LogP contribution in [-0.2, 0) is 0 Å². The van der Waals surface area contributed by atoms with Crippen LogP contribution in [0.4, 0.5) is 11.5 Å². The van der Waals surface area contributed by atoms with Gasteiger partial charge in [0.05, 0.1) is 11.2 Å². The third-order valence-corrected chi connectivity index (χ3v) is 3.29. The summed E-state index contributed by atoms with van der Waals surface area (Å²) in [6, 6.07) is 15.0. The van der Waals surface area contributed by atoms with E-state index in [1.807, 2.05) is 36.4 Å². The standard InChI is InChI=1S/C17H17N3O/c1-11(2)16-18-13-8-4-3-7-12(13)17(20-16)19-14-9-5-6-10-15(14)21/h3-11,21H,1-2H3,(H,18,19,20). The lowest BCUT2D eigenvalue weighted by Gasteiger charge is -2.13. The average molecular weight is 279 g/mol. The molecule has 0 unspecified atom stereocenters. The highest BCUT2D eigenvalue weighted by Crippen LogP contribution is 2.29. The van der Waals surface area contributed by atoms with Crippen LogP contribution < -0.4 is 5.32 Å². The molecule has 106 valence electrons. The number of benzene rings is 2. The van der Waals surface area contributed by atoms with E-state index in [0.29, 0.717) is 11.5 Å².